The number of fused-ring (bicyclic) bond motifs is 1. The summed E-state index contributed by atoms with van der Waals surface area (Å²) in [4.78, 5) is 17.3. The van der Waals surface area contributed by atoms with Crippen LogP contribution in [0.4, 0.5) is 11.6 Å². The minimum atomic E-state index is -0.0128. The SMILES string of the molecule is CC/C=C(\c1cccc(-c2csc3c(=O)cc(N4CCN(C)CC4)oc23)c1)c1c(N)cccc1O.CN. The highest BCUT2D eigenvalue weighted by Gasteiger charge is 2.20. The average Bonchev–Trinajstić information content (AvgIpc) is 3.34. The van der Waals surface area contributed by atoms with E-state index in [0.717, 1.165) is 54.9 Å². The van der Waals surface area contributed by atoms with E-state index in [9.17, 15) is 9.90 Å². The van der Waals surface area contributed by atoms with Crippen LogP contribution in [0, 0.1) is 0 Å². The van der Waals surface area contributed by atoms with Crippen molar-refractivity contribution in [1.29, 1.82) is 0 Å². The van der Waals surface area contributed by atoms with Gasteiger partial charge in [-0.2, -0.15) is 0 Å². The summed E-state index contributed by atoms with van der Waals surface area (Å²) in [6, 6.07) is 14.9. The van der Waals surface area contributed by atoms with Gasteiger partial charge in [0.05, 0.1) is 0 Å². The zero-order chi connectivity index (χ0) is 26.5. The zero-order valence-corrected chi connectivity index (χ0v) is 22.3. The number of piperazine rings is 1. The molecular formula is C29H34N4O3S. The van der Waals surface area contributed by atoms with Gasteiger partial charge in [0.15, 0.2) is 11.5 Å². The molecule has 0 bridgehead atoms. The summed E-state index contributed by atoms with van der Waals surface area (Å²) in [7, 11) is 3.60. The van der Waals surface area contributed by atoms with Gasteiger partial charge in [-0.3, -0.25) is 4.79 Å². The van der Waals surface area contributed by atoms with Gasteiger partial charge in [-0.25, -0.2) is 0 Å². The van der Waals surface area contributed by atoms with Gasteiger partial charge in [0, 0.05) is 54.4 Å². The van der Waals surface area contributed by atoms with Crippen molar-refractivity contribution < 1.29 is 9.52 Å². The standard InChI is InChI=1S/C28H29N3O3S.CH5N/c1-3-6-20(26-22(29)9-5-10-23(26)32)18-7-4-8-19(15-18)21-17-35-28-24(33)16-25(34-27(21)28)31-13-11-30(2)12-14-31;1-2/h4-10,15-17,32H,3,11-14,29H2,1-2H3;2H2,1H3/b20-6+;. The summed E-state index contributed by atoms with van der Waals surface area (Å²) in [6.07, 6.45) is 2.86. The fourth-order valence-electron chi connectivity index (χ4n) is 4.59. The molecule has 7 nitrogen and oxygen atoms in total. The Morgan fingerprint density at radius 1 is 1.11 bits per heavy atom. The second kappa shape index (κ2) is 11.6. The molecule has 0 atom stereocenters. The Bertz CT molecular complexity index is 1450. The van der Waals surface area contributed by atoms with E-state index in [2.05, 4.69) is 41.6 Å². The third-order valence-corrected chi connectivity index (χ3v) is 7.46. The number of phenolic OH excluding ortho intramolecular Hbond substituents is 1. The number of hydrogen-bond acceptors (Lipinski definition) is 8. The quantitative estimate of drug-likeness (QED) is 0.320. The van der Waals surface area contributed by atoms with E-state index >= 15 is 0 Å². The second-order valence-electron chi connectivity index (χ2n) is 8.90. The number of nitrogens with zero attached hydrogens (tertiary/aromatic N) is 2. The molecule has 3 heterocycles. The summed E-state index contributed by atoms with van der Waals surface area (Å²) < 4.78 is 6.98. The Morgan fingerprint density at radius 2 is 1.84 bits per heavy atom. The first-order chi connectivity index (χ1) is 18.0. The first-order valence-corrected chi connectivity index (χ1v) is 13.3. The van der Waals surface area contributed by atoms with Crippen LogP contribution in [-0.4, -0.2) is 50.3 Å². The molecule has 8 heteroatoms. The molecule has 194 valence electrons. The summed E-state index contributed by atoms with van der Waals surface area (Å²) in [5.41, 5.74) is 16.2. The Morgan fingerprint density at radius 3 is 2.54 bits per heavy atom. The highest BCUT2D eigenvalue weighted by atomic mass is 32.1. The zero-order valence-electron chi connectivity index (χ0n) is 21.5. The third-order valence-electron chi connectivity index (χ3n) is 6.48. The van der Waals surface area contributed by atoms with Crippen molar-refractivity contribution in [2.45, 2.75) is 13.3 Å². The maximum absolute atomic E-state index is 12.9. The van der Waals surface area contributed by atoms with Gasteiger partial charge < -0.3 is 30.8 Å². The van der Waals surface area contributed by atoms with Crippen molar-refractivity contribution in [1.82, 2.24) is 4.90 Å². The lowest BCUT2D eigenvalue weighted by atomic mass is 9.92. The Kier molecular flexibility index (Phi) is 8.33. The van der Waals surface area contributed by atoms with Gasteiger partial charge in [-0.05, 0) is 55.4 Å². The number of nitrogen functional groups attached to an aromatic ring is 1. The number of nitrogens with two attached hydrogens (primary N) is 2. The van der Waals surface area contributed by atoms with Gasteiger partial charge in [0.25, 0.3) is 0 Å². The van der Waals surface area contributed by atoms with Crippen LogP contribution in [0.5, 0.6) is 5.75 Å². The fraction of sp³-hybridized carbons (Fsp3) is 0.276. The molecule has 1 aliphatic rings. The maximum Gasteiger partial charge on any atom is 0.204 e. The molecule has 0 radical (unpaired) electrons. The molecule has 1 aliphatic heterocycles. The predicted octanol–water partition coefficient (Wildman–Crippen LogP) is 4.98. The number of hydrogen-bond donors (Lipinski definition) is 3. The third kappa shape index (κ3) is 5.41. The largest absolute Gasteiger partial charge is 0.507 e. The van der Waals surface area contributed by atoms with Gasteiger partial charge in [-0.1, -0.05) is 37.3 Å². The van der Waals surface area contributed by atoms with Crippen LogP contribution in [0.15, 0.2) is 69.2 Å². The second-order valence-corrected chi connectivity index (χ2v) is 9.77. The van der Waals surface area contributed by atoms with Crippen LogP contribution < -0.4 is 21.8 Å². The molecule has 0 unspecified atom stereocenters. The molecule has 5 N–H and O–H groups in total. The van der Waals surface area contributed by atoms with Crippen molar-refractivity contribution >= 4 is 38.8 Å². The first-order valence-electron chi connectivity index (χ1n) is 12.4. The molecule has 0 aliphatic carbocycles. The fourth-order valence-corrected chi connectivity index (χ4v) is 5.50. The number of likely N-dealkylation sites (N-methyl/N-ethyl adjacent to an activating group) is 1. The van der Waals surface area contributed by atoms with Crippen LogP contribution in [0.1, 0.15) is 24.5 Å². The number of rotatable bonds is 5. The minimum Gasteiger partial charge on any atom is -0.507 e. The van der Waals surface area contributed by atoms with Crippen LogP contribution >= 0.6 is 11.3 Å². The van der Waals surface area contributed by atoms with E-state index in [-0.39, 0.29) is 11.2 Å². The van der Waals surface area contributed by atoms with E-state index in [0.29, 0.717) is 27.4 Å². The number of allylic oxidation sites excluding steroid dienone is 1. The normalized spacial score (nSPS) is 14.5. The first kappa shape index (κ1) is 26.5. The number of thiophene rings is 1. The van der Waals surface area contributed by atoms with Gasteiger partial charge in [0.1, 0.15) is 10.4 Å². The maximum atomic E-state index is 12.9. The summed E-state index contributed by atoms with van der Waals surface area (Å²) in [5.74, 6) is 0.777. The van der Waals surface area contributed by atoms with Gasteiger partial charge in [-0.15, -0.1) is 11.3 Å². The number of anilines is 2. The molecule has 0 spiro atoms. The van der Waals surface area contributed by atoms with Crippen molar-refractivity contribution in [2.24, 2.45) is 5.73 Å². The number of phenols is 1. The lowest BCUT2D eigenvalue weighted by Crippen LogP contribution is -2.44. The van der Waals surface area contributed by atoms with Crippen molar-refractivity contribution in [3.05, 3.63) is 81.3 Å². The molecule has 4 aromatic rings. The number of benzene rings is 2. The summed E-state index contributed by atoms with van der Waals surface area (Å²) in [6.45, 7) is 5.58. The van der Waals surface area contributed by atoms with Crippen molar-refractivity contribution in [2.75, 3.05) is 50.9 Å². The Hall–Kier alpha value is -3.59. The molecule has 0 amide bonds. The van der Waals surface area contributed by atoms with E-state index in [1.54, 1.807) is 24.3 Å². The van der Waals surface area contributed by atoms with E-state index in [1.807, 2.05) is 23.6 Å². The topological polar surface area (TPSA) is 109 Å². The highest BCUT2D eigenvalue weighted by Crippen LogP contribution is 2.39. The van der Waals surface area contributed by atoms with E-state index in [1.165, 1.54) is 18.4 Å². The lowest BCUT2D eigenvalue weighted by molar-refractivity contribution is 0.306. The van der Waals surface area contributed by atoms with Gasteiger partial charge in [0.2, 0.25) is 5.43 Å². The van der Waals surface area contributed by atoms with Crippen LogP contribution in [0.25, 0.3) is 27.0 Å². The molecule has 2 aromatic carbocycles. The average molecular weight is 519 g/mol. The van der Waals surface area contributed by atoms with Crippen molar-refractivity contribution in [3.63, 3.8) is 0 Å². The van der Waals surface area contributed by atoms with Crippen LogP contribution in [-0.2, 0) is 0 Å². The molecule has 0 saturated carbocycles. The van der Waals surface area contributed by atoms with Gasteiger partial charge >= 0.3 is 0 Å². The lowest BCUT2D eigenvalue weighted by Gasteiger charge is -2.32. The smallest absolute Gasteiger partial charge is 0.204 e. The highest BCUT2D eigenvalue weighted by molar-refractivity contribution is 7.17. The van der Waals surface area contributed by atoms with Crippen LogP contribution in [0.2, 0.25) is 0 Å². The summed E-state index contributed by atoms with van der Waals surface area (Å²) >= 11 is 1.41. The summed E-state index contributed by atoms with van der Waals surface area (Å²) in [5, 5.41) is 12.6. The molecule has 37 heavy (non-hydrogen) atoms. The number of aromatic hydroxyl groups is 1. The monoisotopic (exact) mass is 518 g/mol. The van der Waals surface area contributed by atoms with E-state index < -0.39 is 0 Å². The molecule has 2 aromatic heterocycles. The Labute approximate surface area is 221 Å². The van der Waals surface area contributed by atoms with Crippen molar-refractivity contribution in [3.8, 4) is 16.9 Å². The predicted molar refractivity (Wildman–Crippen MR) is 156 cm³/mol. The Balaban J connectivity index is 0.00000156. The molecular weight excluding hydrogens is 484 g/mol. The van der Waals surface area contributed by atoms with Crippen LogP contribution in [0.3, 0.4) is 0 Å². The molecule has 1 saturated heterocycles. The molecule has 1 fully saturated rings. The minimum absolute atomic E-state index is 0.0128. The molecule has 5 rings (SSSR count). The van der Waals surface area contributed by atoms with E-state index in [4.69, 9.17) is 10.2 Å².